The second-order valence-electron chi connectivity index (χ2n) is 5.91. The highest BCUT2D eigenvalue weighted by atomic mass is 16.7. The highest BCUT2D eigenvalue weighted by Crippen LogP contribution is 2.34. The summed E-state index contributed by atoms with van der Waals surface area (Å²) >= 11 is 0. The van der Waals surface area contributed by atoms with Gasteiger partial charge in [-0.3, -0.25) is 4.79 Å². The van der Waals surface area contributed by atoms with E-state index < -0.39 is 0 Å². The molecule has 3 aromatic rings. The van der Waals surface area contributed by atoms with Gasteiger partial charge in [-0.2, -0.15) is 4.80 Å². The minimum absolute atomic E-state index is 0.00523. The molecule has 8 nitrogen and oxygen atoms in total. The van der Waals surface area contributed by atoms with Crippen LogP contribution >= 0.6 is 0 Å². The third kappa shape index (κ3) is 3.34. The van der Waals surface area contributed by atoms with Crippen LogP contribution in [0.4, 0.5) is 0 Å². The molecule has 1 aliphatic heterocycles. The summed E-state index contributed by atoms with van der Waals surface area (Å²) in [6, 6.07) is 14.9. The average Bonchev–Trinajstić information content (AvgIpc) is 3.30. The number of ether oxygens (including phenoxy) is 2. The third-order valence-corrected chi connectivity index (χ3v) is 4.04. The number of nitrogens with one attached hydrogen (secondary N) is 1. The zero-order valence-corrected chi connectivity index (χ0v) is 14.1. The molecule has 1 aliphatic rings. The lowest BCUT2D eigenvalue weighted by atomic mass is 10.1. The van der Waals surface area contributed by atoms with Gasteiger partial charge in [0.25, 0.3) is 0 Å². The Hall–Kier alpha value is -3.42. The Morgan fingerprint density at radius 3 is 2.85 bits per heavy atom. The molecule has 26 heavy (non-hydrogen) atoms. The first kappa shape index (κ1) is 16.1. The number of hydrogen-bond donors (Lipinski definition) is 1. The summed E-state index contributed by atoms with van der Waals surface area (Å²) in [7, 11) is 0. The SMILES string of the molecule is CC(NC(=O)Cn1nnc(-c2ccccc2)n1)c1ccc2c(c1)OCO2. The first-order valence-electron chi connectivity index (χ1n) is 8.21. The standard InChI is InChI=1S/C18H17N5O3/c1-12(14-7-8-15-16(9-14)26-11-25-15)19-17(24)10-23-21-18(20-22-23)13-5-3-2-4-6-13/h2-9,12H,10-11H2,1H3,(H,19,24). The van der Waals surface area contributed by atoms with Crippen molar-refractivity contribution in [1.82, 2.24) is 25.5 Å². The molecule has 8 heteroatoms. The lowest BCUT2D eigenvalue weighted by Crippen LogP contribution is -2.30. The van der Waals surface area contributed by atoms with Gasteiger partial charge < -0.3 is 14.8 Å². The second-order valence-corrected chi connectivity index (χ2v) is 5.91. The fourth-order valence-corrected chi connectivity index (χ4v) is 2.69. The van der Waals surface area contributed by atoms with Gasteiger partial charge >= 0.3 is 0 Å². The number of hydrogen-bond acceptors (Lipinski definition) is 6. The average molecular weight is 351 g/mol. The molecule has 0 saturated heterocycles. The molecule has 1 amide bonds. The number of benzene rings is 2. The first-order valence-corrected chi connectivity index (χ1v) is 8.21. The molecule has 0 spiro atoms. The van der Waals surface area contributed by atoms with Crippen molar-refractivity contribution < 1.29 is 14.3 Å². The summed E-state index contributed by atoms with van der Waals surface area (Å²) in [6.45, 7) is 2.12. The molecule has 0 saturated carbocycles. The van der Waals surface area contributed by atoms with Gasteiger partial charge in [0.05, 0.1) is 6.04 Å². The Balaban J connectivity index is 1.39. The number of carbonyl (C=O) groups is 1. The minimum Gasteiger partial charge on any atom is -0.454 e. The normalized spacial score (nSPS) is 13.4. The van der Waals surface area contributed by atoms with E-state index >= 15 is 0 Å². The number of rotatable bonds is 5. The Morgan fingerprint density at radius 1 is 1.19 bits per heavy atom. The Bertz CT molecular complexity index is 926. The number of nitrogens with zero attached hydrogens (tertiary/aromatic N) is 4. The van der Waals surface area contributed by atoms with Crippen molar-refractivity contribution in [1.29, 1.82) is 0 Å². The van der Waals surface area contributed by atoms with Crippen LogP contribution in [0.3, 0.4) is 0 Å². The third-order valence-electron chi connectivity index (χ3n) is 4.04. The van der Waals surface area contributed by atoms with Crippen LogP contribution in [-0.2, 0) is 11.3 Å². The van der Waals surface area contributed by atoms with Crippen LogP contribution in [-0.4, -0.2) is 32.9 Å². The fourth-order valence-electron chi connectivity index (χ4n) is 2.69. The van der Waals surface area contributed by atoms with E-state index in [1.807, 2.05) is 55.5 Å². The molecule has 132 valence electrons. The zero-order chi connectivity index (χ0) is 17.9. The molecule has 0 bridgehead atoms. The molecular weight excluding hydrogens is 334 g/mol. The molecule has 0 fully saturated rings. The minimum atomic E-state index is -0.202. The molecule has 1 unspecified atom stereocenters. The van der Waals surface area contributed by atoms with Gasteiger partial charge in [0.1, 0.15) is 6.54 Å². The van der Waals surface area contributed by atoms with Crippen LogP contribution < -0.4 is 14.8 Å². The van der Waals surface area contributed by atoms with Crippen LogP contribution in [0, 0.1) is 0 Å². The zero-order valence-electron chi connectivity index (χ0n) is 14.1. The van der Waals surface area contributed by atoms with E-state index in [1.165, 1.54) is 4.80 Å². The maximum atomic E-state index is 12.3. The van der Waals surface area contributed by atoms with Crippen molar-refractivity contribution in [2.45, 2.75) is 19.5 Å². The Kier molecular flexibility index (Phi) is 4.22. The van der Waals surface area contributed by atoms with Crippen molar-refractivity contribution in [2.75, 3.05) is 6.79 Å². The van der Waals surface area contributed by atoms with E-state index in [0.29, 0.717) is 17.3 Å². The van der Waals surface area contributed by atoms with Crippen molar-refractivity contribution >= 4 is 5.91 Å². The van der Waals surface area contributed by atoms with E-state index in [1.54, 1.807) is 0 Å². The summed E-state index contributed by atoms with van der Waals surface area (Å²) in [5.41, 5.74) is 1.78. The van der Waals surface area contributed by atoms with Crippen molar-refractivity contribution in [3.8, 4) is 22.9 Å². The van der Waals surface area contributed by atoms with Crippen LogP contribution in [0.2, 0.25) is 0 Å². The number of aromatic nitrogens is 4. The molecule has 0 aliphatic carbocycles. The van der Waals surface area contributed by atoms with Crippen molar-refractivity contribution in [2.24, 2.45) is 0 Å². The first-order chi connectivity index (χ1) is 12.7. The molecule has 2 heterocycles. The maximum Gasteiger partial charge on any atom is 0.244 e. The number of amides is 1. The summed E-state index contributed by atoms with van der Waals surface area (Å²) in [5, 5.41) is 15.1. The fraction of sp³-hybridized carbons (Fsp3) is 0.222. The molecule has 1 atom stereocenters. The van der Waals surface area contributed by atoms with Gasteiger partial charge in [0, 0.05) is 5.56 Å². The Morgan fingerprint density at radius 2 is 2.00 bits per heavy atom. The van der Waals surface area contributed by atoms with E-state index in [0.717, 1.165) is 11.1 Å². The monoisotopic (exact) mass is 351 g/mol. The van der Waals surface area contributed by atoms with Crippen molar-refractivity contribution in [3.05, 3.63) is 54.1 Å². The molecule has 4 rings (SSSR count). The van der Waals surface area contributed by atoms with Crippen LogP contribution in [0.25, 0.3) is 11.4 Å². The highest BCUT2D eigenvalue weighted by Gasteiger charge is 2.17. The largest absolute Gasteiger partial charge is 0.454 e. The van der Waals surface area contributed by atoms with Crippen LogP contribution in [0.5, 0.6) is 11.5 Å². The number of carbonyl (C=O) groups excluding carboxylic acids is 1. The van der Waals surface area contributed by atoms with E-state index in [-0.39, 0.29) is 25.3 Å². The quantitative estimate of drug-likeness (QED) is 0.755. The highest BCUT2D eigenvalue weighted by molar-refractivity contribution is 5.76. The summed E-state index contributed by atoms with van der Waals surface area (Å²) in [4.78, 5) is 13.6. The van der Waals surface area contributed by atoms with E-state index in [2.05, 4.69) is 20.7 Å². The summed E-state index contributed by atoms with van der Waals surface area (Å²) in [5.74, 6) is 1.69. The molecule has 1 N–H and O–H groups in total. The van der Waals surface area contributed by atoms with Gasteiger partial charge in [-0.05, 0) is 29.8 Å². The van der Waals surface area contributed by atoms with Gasteiger partial charge in [-0.1, -0.05) is 36.4 Å². The van der Waals surface area contributed by atoms with Gasteiger partial charge in [0.2, 0.25) is 18.5 Å². The smallest absolute Gasteiger partial charge is 0.244 e. The topological polar surface area (TPSA) is 91.2 Å². The predicted octanol–water partition coefficient (Wildman–Crippen LogP) is 1.95. The molecule has 0 radical (unpaired) electrons. The predicted molar refractivity (Wildman–Crippen MR) is 92.4 cm³/mol. The number of tetrazole rings is 1. The van der Waals surface area contributed by atoms with Gasteiger partial charge in [-0.15, -0.1) is 10.2 Å². The Labute approximate surface area is 149 Å². The van der Waals surface area contributed by atoms with E-state index in [9.17, 15) is 4.79 Å². The summed E-state index contributed by atoms with van der Waals surface area (Å²) in [6.07, 6.45) is 0. The van der Waals surface area contributed by atoms with Crippen LogP contribution in [0.1, 0.15) is 18.5 Å². The second kappa shape index (κ2) is 6.83. The van der Waals surface area contributed by atoms with Gasteiger partial charge in [-0.25, -0.2) is 0 Å². The molecule has 1 aromatic heterocycles. The summed E-state index contributed by atoms with van der Waals surface area (Å²) < 4.78 is 10.7. The lowest BCUT2D eigenvalue weighted by Gasteiger charge is -2.14. The maximum absolute atomic E-state index is 12.3. The van der Waals surface area contributed by atoms with Crippen LogP contribution in [0.15, 0.2) is 48.5 Å². The molecule has 2 aromatic carbocycles. The van der Waals surface area contributed by atoms with Crippen molar-refractivity contribution in [3.63, 3.8) is 0 Å². The number of fused-ring (bicyclic) bond motifs is 1. The molecular formula is C18H17N5O3. The van der Waals surface area contributed by atoms with Gasteiger partial charge in [0.15, 0.2) is 11.5 Å². The van der Waals surface area contributed by atoms with E-state index in [4.69, 9.17) is 9.47 Å². The lowest BCUT2D eigenvalue weighted by molar-refractivity contribution is -0.122.